The van der Waals surface area contributed by atoms with E-state index in [1.165, 1.54) is 22.5 Å². The van der Waals surface area contributed by atoms with Crippen LogP contribution in [0.5, 0.6) is 0 Å². The highest BCUT2D eigenvalue weighted by atomic mass is 15.3. The van der Waals surface area contributed by atoms with E-state index >= 15 is 0 Å². The molecule has 4 rings (SSSR count). The fourth-order valence-electron chi connectivity index (χ4n) is 2.97. The molecule has 0 unspecified atom stereocenters. The van der Waals surface area contributed by atoms with Gasteiger partial charge >= 0.3 is 0 Å². The molecule has 0 spiro atoms. The van der Waals surface area contributed by atoms with Crippen molar-refractivity contribution in [1.29, 1.82) is 0 Å². The Labute approximate surface area is 124 Å². The summed E-state index contributed by atoms with van der Waals surface area (Å²) in [5.74, 6) is 0. The summed E-state index contributed by atoms with van der Waals surface area (Å²) in [5, 5.41) is 8.26. The molecule has 3 heteroatoms. The van der Waals surface area contributed by atoms with E-state index in [1.807, 2.05) is 6.07 Å². The van der Waals surface area contributed by atoms with Crippen LogP contribution in [0.2, 0.25) is 0 Å². The molecule has 3 nitrogen and oxygen atoms in total. The van der Waals surface area contributed by atoms with Crippen molar-refractivity contribution in [3.63, 3.8) is 0 Å². The molecule has 21 heavy (non-hydrogen) atoms. The standard InChI is InChI=1S/C18H17N3/c1-3-7-14(8-4-1)18-16-11-12-19-13-17(16)20-21(18)15-9-5-2-6-10-15/h1-10,19H,11-13H2. The van der Waals surface area contributed by atoms with Crippen LogP contribution in [0.4, 0.5) is 0 Å². The smallest absolute Gasteiger partial charge is 0.0805 e. The van der Waals surface area contributed by atoms with E-state index in [-0.39, 0.29) is 0 Å². The second kappa shape index (κ2) is 5.19. The maximum atomic E-state index is 4.85. The number of aromatic nitrogens is 2. The van der Waals surface area contributed by atoms with Gasteiger partial charge in [0.2, 0.25) is 0 Å². The van der Waals surface area contributed by atoms with Gasteiger partial charge in [-0.05, 0) is 25.1 Å². The van der Waals surface area contributed by atoms with Gasteiger partial charge < -0.3 is 5.32 Å². The minimum absolute atomic E-state index is 0.856. The van der Waals surface area contributed by atoms with E-state index in [0.29, 0.717) is 0 Å². The maximum absolute atomic E-state index is 4.85. The lowest BCUT2D eigenvalue weighted by Gasteiger charge is -2.13. The van der Waals surface area contributed by atoms with Gasteiger partial charge in [0.25, 0.3) is 0 Å². The number of rotatable bonds is 2. The minimum Gasteiger partial charge on any atom is -0.311 e. The summed E-state index contributed by atoms with van der Waals surface area (Å²) in [4.78, 5) is 0. The summed E-state index contributed by atoms with van der Waals surface area (Å²) in [5.41, 5.74) is 6.13. The molecule has 1 aliphatic heterocycles. The van der Waals surface area contributed by atoms with Crippen LogP contribution in [0.1, 0.15) is 11.3 Å². The van der Waals surface area contributed by atoms with Crippen molar-refractivity contribution in [1.82, 2.24) is 15.1 Å². The number of nitrogens with zero attached hydrogens (tertiary/aromatic N) is 2. The predicted octanol–water partition coefficient (Wildman–Crippen LogP) is 3.19. The van der Waals surface area contributed by atoms with Gasteiger partial charge in [-0.25, -0.2) is 4.68 Å². The van der Waals surface area contributed by atoms with Crippen LogP contribution in [-0.2, 0) is 13.0 Å². The monoisotopic (exact) mass is 275 g/mol. The highest BCUT2D eigenvalue weighted by Gasteiger charge is 2.21. The molecule has 3 aromatic rings. The quantitative estimate of drug-likeness (QED) is 0.778. The molecule has 104 valence electrons. The van der Waals surface area contributed by atoms with Gasteiger partial charge in [-0.2, -0.15) is 5.10 Å². The Balaban J connectivity index is 1.96. The summed E-state index contributed by atoms with van der Waals surface area (Å²) in [6, 6.07) is 20.9. The van der Waals surface area contributed by atoms with E-state index in [4.69, 9.17) is 5.10 Å². The minimum atomic E-state index is 0.856. The van der Waals surface area contributed by atoms with Crippen LogP contribution < -0.4 is 5.32 Å². The molecule has 0 aliphatic carbocycles. The van der Waals surface area contributed by atoms with E-state index in [0.717, 1.165) is 25.2 Å². The zero-order chi connectivity index (χ0) is 14.1. The second-order valence-corrected chi connectivity index (χ2v) is 5.31. The van der Waals surface area contributed by atoms with Gasteiger partial charge in [0, 0.05) is 17.7 Å². The van der Waals surface area contributed by atoms with Crippen molar-refractivity contribution in [2.45, 2.75) is 13.0 Å². The molecule has 0 bridgehead atoms. The molecular weight excluding hydrogens is 258 g/mol. The zero-order valence-electron chi connectivity index (χ0n) is 11.8. The van der Waals surface area contributed by atoms with Crippen molar-refractivity contribution in [3.05, 3.63) is 71.9 Å². The molecular formula is C18H17N3. The molecule has 0 saturated carbocycles. The topological polar surface area (TPSA) is 29.9 Å². The molecule has 1 N–H and O–H groups in total. The molecule has 0 fully saturated rings. The second-order valence-electron chi connectivity index (χ2n) is 5.31. The Hall–Kier alpha value is -2.39. The number of nitrogens with one attached hydrogen (secondary N) is 1. The fraction of sp³-hybridized carbons (Fsp3) is 0.167. The van der Waals surface area contributed by atoms with Crippen molar-refractivity contribution in [2.75, 3.05) is 6.54 Å². The van der Waals surface area contributed by atoms with Crippen LogP contribution in [0, 0.1) is 0 Å². The first-order valence-corrected chi connectivity index (χ1v) is 7.36. The third-order valence-electron chi connectivity index (χ3n) is 3.96. The third-order valence-corrected chi connectivity index (χ3v) is 3.96. The Morgan fingerprint density at radius 2 is 1.62 bits per heavy atom. The summed E-state index contributed by atoms with van der Waals surface area (Å²) in [7, 11) is 0. The number of hydrogen-bond donors (Lipinski definition) is 1. The van der Waals surface area contributed by atoms with Crippen molar-refractivity contribution < 1.29 is 0 Å². The Morgan fingerprint density at radius 3 is 2.38 bits per heavy atom. The van der Waals surface area contributed by atoms with Gasteiger partial charge in [0.15, 0.2) is 0 Å². The molecule has 0 amide bonds. The van der Waals surface area contributed by atoms with Gasteiger partial charge in [-0.1, -0.05) is 48.5 Å². The third kappa shape index (κ3) is 2.16. The summed E-state index contributed by atoms with van der Waals surface area (Å²) >= 11 is 0. The molecule has 0 saturated heterocycles. The first kappa shape index (κ1) is 12.4. The number of hydrogen-bond acceptors (Lipinski definition) is 2. The summed E-state index contributed by atoms with van der Waals surface area (Å²) in [6.45, 7) is 1.88. The van der Waals surface area contributed by atoms with Gasteiger partial charge in [-0.3, -0.25) is 0 Å². The van der Waals surface area contributed by atoms with Gasteiger partial charge in [0.1, 0.15) is 0 Å². The van der Waals surface area contributed by atoms with Crippen molar-refractivity contribution in [3.8, 4) is 16.9 Å². The van der Waals surface area contributed by atoms with E-state index < -0.39 is 0 Å². The molecule has 0 radical (unpaired) electrons. The Morgan fingerprint density at radius 1 is 0.905 bits per heavy atom. The SMILES string of the molecule is c1ccc(-c2c3c(nn2-c2ccccc2)CNCC3)cc1. The molecule has 2 aromatic carbocycles. The summed E-state index contributed by atoms with van der Waals surface area (Å²) < 4.78 is 2.09. The van der Waals surface area contributed by atoms with Crippen LogP contribution in [0.15, 0.2) is 60.7 Å². The number of benzene rings is 2. The van der Waals surface area contributed by atoms with Crippen LogP contribution in [0.25, 0.3) is 16.9 Å². The first-order valence-electron chi connectivity index (χ1n) is 7.36. The fourth-order valence-corrected chi connectivity index (χ4v) is 2.97. The Kier molecular flexibility index (Phi) is 3.05. The average Bonchev–Trinajstić information content (AvgIpc) is 2.96. The molecule has 0 atom stereocenters. The van der Waals surface area contributed by atoms with Crippen molar-refractivity contribution >= 4 is 0 Å². The molecule has 1 aromatic heterocycles. The molecule has 2 heterocycles. The normalized spacial score (nSPS) is 13.9. The average molecular weight is 275 g/mol. The maximum Gasteiger partial charge on any atom is 0.0805 e. The summed E-state index contributed by atoms with van der Waals surface area (Å²) in [6.07, 6.45) is 1.03. The molecule has 1 aliphatic rings. The number of fused-ring (bicyclic) bond motifs is 1. The predicted molar refractivity (Wildman–Crippen MR) is 84.4 cm³/mol. The largest absolute Gasteiger partial charge is 0.311 e. The van der Waals surface area contributed by atoms with E-state index in [1.54, 1.807) is 0 Å². The van der Waals surface area contributed by atoms with E-state index in [2.05, 4.69) is 64.6 Å². The Bertz CT molecular complexity index is 745. The van der Waals surface area contributed by atoms with Crippen LogP contribution >= 0.6 is 0 Å². The lowest BCUT2D eigenvalue weighted by atomic mass is 10.0. The van der Waals surface area contributed by atoms with Gasteiger partial charge in [0.05, 0.1) is 17.1 Å². The van der Waals surface area contributed by atoms with Crippen LogP contribution in [-0.4, -0.2) is 16.3 Å². The van der Waals surface area contributed by atoms with Crippen LogP contribution in [0.3, 0.4) is 0 Å². The lowest BCUT2D eigenvalue weighted by Crippen LogP contribution is -2.23. The van der Waals surface area contributed by atoms with Gasteiger partial charge in [-0.15, -0.1) is 0 Å². The van der Waals surface area contributed by atoms with Crippen molar-refractivity contribution in [2.24, 2.45) is 0 Å². The highest BCUT2D eigenvalue weighted by Crippen LogP contribution is 2.30. The highest BCUT2D eigenvalue weighted by molar-refractivity contribution is 5.67. The zero-order valence-corrected chi connectivity index (χ0v) is 11.8. The lowest BCUT2D eigenvalue weighted by molar-refractivity contribution is 0.629. The first-order chi connectivity index (χ1) is 10.4. The van der Waals surface area contributed by atoms with E-state index in [9.17, 15) is 0 Å². The number of para-hydroxylation sites is 1.